The van der Waals surface area contributed by atoms with Gasteiger partial charge in [0.1, 0.15) is 0 Å². The maximum Gasteiger partial charge on any atom is 0.573 e. The number of ether oxygens (including phenoxy) is 2. The summed E-state index contributed by atoms with van der Waals surface area (Å²) < 4.78 is 44.0. The predicted octanol–water partition coefficient (Wildman–Crippen LogP) is 1.71. The van der Waals surface area contributed by atoms with Crippen molar-refractivity contribution in [3.63, 3.8) is 0 Å². The van der Waals surface area contributed by atoms with E-state index in [0.29, 0.717) is 6.20 Å². The molecule has 0 aliphatic carbocycles. The van der Waals surface area contributed by atoms with Gasteiger partial charge in [0.2, 0.25) is 11.6 Å². The first-order valence-electron chi connectivity index (χ1n) is 4.22. The van der Waals surface area contributed by atoms with Gasteiger partial charge in [0.05, 0.1) is 18.2 Å². The van der Waals surface area contributed by atoms with Crippen molar-refractivity contribution in [3.05, 3.63) is 21.9 Å². The standard InChI is InChI=1S/C8H5F3N2O5/c1-17-7-4(3-14)6(13(15)16)5(2-12-7)18-8(9,10)11/h2-3H,1H3. The summed E-state index contributed by atoms with van der Waals surface area (Å²) in [4.78, 5) is 23.5. The molecule has 0 spiro atoms. The van der Waals surface area contributed by atoms with Crippen molar-refractivity contribution in [3.8, 4) is 11.6 Å². The van der Waals surface area contributed by atoms with Crippen LogP contribution in [0, 0.1) is 10.1 Å². The Hall–Kier alpha value is -2.39. The van der Waals surface area contributed by atoms with E-state index in [1.165, 1.54) is 0 Å². The number of nitro groups is 1. The first kappa shape index (κ1) is 13.7. The van der Waals surface area contributed by atoms with Crippen LogP contribution >= 0.6 is 0 Å². The number of aromatic nitrogens is 1. The highest BCUT2D eigenvalue weighted by molar-refractivity contribution is 5.86. The normalized spacial score (nSPS) is 10.9. The van der Waals surface area contributed by atoms with Gasteiger partial charge in [0.15, 0.2) is 11.8 Å². The molecule has 0 aliphatic rings. The molecule has 7 nitrogen and oxygen atoms in total. The lowest BCUT2D eigenvalue weighted by Gasteiger charge is -2.10. The lowest BCUT2D eigenvalue weighted by atomic mass is 10.2. The van der Waals surface area contributed by atoms with Crippen molar-refractivity contribution in [1.29, 1.82) is 0 Å². The smallest absolute Gasteiger partial charge is 0.480 e. The average molecular weight is 266 g/mol. The highest BCUT2D eigenvalue weighted by atomic mass is 19.4. The van der Waals surface area contributed by atoms with E-state index < -0.39 is 34.2 Å². The van der Waals surface area contributed by atoms with Crippen molar-refractivity contribution in [2.75, 3.05) is 7.11 Å². The summed E-state index contributed by atoms with van der Waals surface area (Å²) in [6.07, 6.45) is -4.72. The number of hydrogen-bond acceptors (Lipinski definition) is 6. The molecule has 0 amide bonds. The second kappa shape index (κ2) is 4.85. The second-order valence-corrected chi connectivity index (χ2v) is 2.82. The minimum absolute atomic E-state index is 0.0345. The van der Waals surface area contributed by atoms with E-state index in [2.05, 4.69) is 14.5 Å². The van der Waals surface area contributed by atoms with E-state index in [-0.39, 0.29) is 6.29 Å². The number of halogens is 3. The number of carbonyl (C=O) groups is 1. The summed E-state index contributed by atoms with van der Waals surface area (Å²) in [5.74, 6) is -1.65. The van der Waals surface area contributed by atoms with Crippen LogP contribution < -0.4 is 9.47 Å². The Balaban J connectivity index is 3.44. The van der Waals surface area contributed by atoms with Crippen LogP contribution in [0.3, 0.4) is 0 Å². The largest absolute Gasteiger partial charge is 0.573 e. The van der Waals surface area contributed by atoms with Gasteiger partial charge >= 0.3 is 12.0 Å². The number of methoxy groups -OCH3 is 1. The van der Waals surface area contributed by atoms with E-state index in [0.717, 1.165) is 7.11 Å². The molecule has 0 radical (unpaired) electrons. The molecule has 10 heteroatoms. The Morgan fingerprint density at radius 1 is 1.50 bits per heavy atom. The van der Waals surface area contributed by atoms with Crippen LogP contribution in [0.1, 0.15) is 10.4 Å². The van der Waals surface area contributed by atoms with Crippen molar-refractivity contribution in [1.82, 2.24) is 4.98 Å². The van der Waals surface area contributed by atoms with Crippen molar-refractivity contribution in [2.24, 2.45) is 0 Å². The Kier molecular flexibility index (Phi) is 3.69. The molecule has 0 atom stereocenters. The molecule has 0 saturated heterocycles. The number of hydrogen-bond donors (Lipinski definition) is 0. The topological polar surface area (TPSA) is 91.6 Å². The summed E-state index contributed by atoms with van der Waals surface area (Å²) in [6, 6.07) is 0. The number of pyridine rings is 1. The average Bonchev–Trinajstić information content (AvgIpc) is 2.25. The van der Waals surface area contributed by atoms with Crippen molar-refractivity contribution < 1.29 is 32.4 Å². The molecule has 1 aromatic heterocycles. The van der Waals surface area contributed by atoms with Crippen LogP contribution in [0.15, 0.2) is 6.20 Å². The first-order chi connectivity index (χ1) is 8.30. The van der Waals surface area contributed by atoms with Gasteiger partial charge in [0.25, 0.3) is 0 Å². The Bertz CT molecular complexity index is 488. The summed E-state index contributed by atoms with van der Waals surface area (Å²) in [5.41, 5.74) is -1.89. The highest BCUT2D eigenvalue weighted by Gasteiger charge is 2.37. The third kappa shape index (κ3) is 2.84. The van der Waals surface area contributed by atoms with Gasteiger partial charge in [-0.1, -0.05) is 0 Å². The number of carbonyl (C=O) groups excluding carboxylic acids is 1. The summed E-state index contributed by atoms with van der Waals surface area (Å²) >= 11 is 0. The summed E-state index contributed by atoms with van der Waals surface area (Å²) in [5, 5.41) is 10.7. The second-order valence-electron chi connectivity index (χ2n) is 2.82. The van der Waals surface area contributed by atoms with E-state index in [4.69, 9.17) is 0 Å². The zero-order chi connectivity index (χ0) is 13.9. The van der Waals surface area contributed by atoms with Gasteiger partial charge in [-0.25, -0.2) is 4.98 Å². The zero-order valence-corrected chi connectivity index (χ0v) is 8.72. The Morgan fingerprint density at radius 2 is 2.11 bits per heavy atom. The van der Waals surface area contributed by atoms with Crippen molar-refractivity contribution in [2.45, 2.75) is 6.36 Å². The first-order valence-corrected chi connectivity index (χ1v) is 4.22. The number of rotatable bonds is 4. The number of aldehydes is 1. The van der Waals surface area contributed by atoms with Gasteiger partial charge in [-0.05, 0) is 0 Å². The minimum atomic E-state index is -5.14. The van der Waals surface area contributed by atoms with Gasteiger partial charge in [0, 0.05) is 0 Å². The number of alkyl halides is 3. The fourth-order valence-corrected chi connectivity index (χ4v) is 1.14. The Labute approximate surface area is 97.3 Å². The minimum Gasteiger partial charge on any atom is -0.480 e. The van der Waals surface area contributed by atoms with E-state index in [1.807, 2.05) is 0 Å². The molecule has 0 bridgehead atoms. The van der Waals surface area contributed by atoms with Gasteiger partial charge in [-0.3, -0.25) is 14.9 Å². The summed E-state index contributed by atoms with van der Waals surface area (Å²) in [6.45, 7) is 0. The van der Waals surface area contributed by atoms with Crippen LogP contribution in [0.4, 0.5) is 18.9 Å². The predicted molar refractivity (Wildman–Crippen MR) is 49.5 cm³/mol. The fourth-order valence-electron chi connectivity index (χ4n) is 1.14. The zero-order valence-electron chi connectivity index (χ0n) is 8.72. The lowest BCUT2D eigenvalue weighted by Crippen LogP contribution is -2.18. The molecule has 18 heavy (non-hydrogen) atoms. The maximum absolute atomic E-state index is 12.0. The quantitative estimate of drug-likeness (QED) is 0.468. The SMILES string of the molecule is COc1ncc(OC(F)(F)F)c([N+](=O)[O-])c1C=O. The van der Waals surface area contributed by atoms with Crippen LogP contribution in [0.2, 0.25) is 0 Å². The van der Waals surface area contributed by atoms with Gasteiger partial charge in [-0.15, -0.1) is 13.2 Å². The monoisotopic (exact) mass is 266 g/mol. The van der Waals surface area contributed by atoms with Crippen LogP contribution in [-0.2, 0) is 0 Å². The molecule has 1 rings (SSSR count). The Morgan fingerprint density at radius 3 is 2.50 bits per heavy atom. The molecular formula is C8H5F3N2O5. The molecule has 98 valence electrons. The lowest BCUT2D eigenvalue weighted by molar-refractivity contribution is -0.389. The molecule has 0 aromatic carbocycles. The molecule has 1 aromatic rings. The van der Waals surface area contributed by atoms with Crippen LogP contribution in [0.25, 0.3) is 0 Å². The van der Waals surface area contributed by atoms with Gasteiger partial charge in [-0.2, -0.15) is 0 Å². The number of nitrogens with zero attached hydrogens (tertiary/aromatic N) is 2. The van der Waals surface area contributed by atoms with Crippen LogP contribution in [-0.4, -0.2) is 29.7 Å². The van der Waals surface area contributed by atoms with E-state index in [1.54, 1.807) is 0 Å². The molecular weight excluding hydrogens is 261 g/mol. The van der Waals surface area contributed by atoms with Crippen molar-refractivity contribution >= 4 is 12.0 Å². The molecule has 1 heterocycles. The third-order valence-corrected chi connectivity index (χ3v) is 1.74. The van der Waals surface area contributed by atoms with Crippen LogP contribution in [0.5, 0.6) is 11.6 Å². The highest BCUT2D eigenvalue weighted by Crippen LogP contribution is 2.36. The fraction of sp³-hybridized carbons (Fsp3) is 0.250. The molecule has 0 saturated carbocycles. The van der Waals surface area contributed by atoms with Gasteiger partial charge < -0.3 is 9.47 Å². The molecule has 0 aliphatic heterocycles. The maximum atomic E-state index is 12.0. The molecule has 0 unspecified atom stereocenters. The molecule has 0 fully saturated rings. The summed E-state index contributed by atoms with van der Waals surface area (Å²) in [7, 11) is 1.06. The van der Waals surface area contributed by atoms with E-state index >= 15 is 0 Å². The molecule has 0 N–H and O–H groups in total. The van der Waals surface area contributed by atoms with E-state index in [9.17, 15) is 28.1 Å². The third-order valence-electron chi connectivity index (χ3n) is 1.74.